The summed E-state index contributed by atoms with van der Waals surface area (Å²) in [6, 6.07) is 3.07. The van der Waals surface area contributed by atoms with Crippen LogP contribution in [0, 0.1) is 0 Å². The molecule has 0 unspecified atom stereocenters. The monoisotopic (exact) mass is 304 g/mol. The number of carbonyl (C=O) groups is 2. The third-order valence-corrected chi connectivity index (χ3v) is 4.12. The van der Waals surface area contributed by atoms with E-state index in [0.717, 1.165) is 5.56 Å². The van der Waals surface area contributed by atoms with Crippen molar-refractivity contribution < 1.29 is 9.59 Å². The van der Waals surface area contributed by atoms with E-state index in [1.807, 2.05) is 26.0 Å². The van der Waals surface area contributed by atoms with E-state index in [4.69, 9.17) is 5.73 Å². The molecule has 1 aromatic rings. The van der Waals surface area contributed by atoms with Gasteiger partial charge >= 0.3 is 0 Å². The standard InChI is InChI=1S/C16H24N4O2/c1-3-19(4-2)16(22)14-10-13(17)11-20(14)15(21)9-12-5-7-18-8-6-12/h5-8,13-14H,3-4,9-11,17H2,1-2H3/t13-,14+/m1/s1. The molecule has 6 heteroatoms. The van der Waals surface area contributed by atoms with Crippen molar-refractivity contribution in [2.75, 3.05) is 19.6 Å². The quantitative estimate of drug-likeness (QED) is 0.855. The predicted molar refractivity (Wildman–Crippen MR) is 84.0 cm³/mol. The van der Waals surface area contributed by atoms with E-state index in [1.165, 1.54) is 0 Å². The van der Waals surface area contributed by atoms with Crippen LogP contribution in [0.5, 0.6) is 0 Å². The minimum absolute atomic E-state index is 0.000952. The van der Waals surface area contributed by atoms with E-state index in [0.29, 0.717) is 26.1 Å². The molecule has 1 fully saturated rings. The van der Waals surface area contributed by atoms with Gasteiger partial charge in [0, 0.05) is 38.1 Å². The highest BCUT2D eigenvalue weighted by Gasteiger charge is 2.39. The van der Waals surface area contributed by atoms with Crippen molar-refractivity contribution in [1.82, 2.24) is 14.8 Å². The van der Waals surface area contributed by atoms with Gasteiger partial charge in [-0.15, -0.1) is 0 Å². The molecule has 0 radical (unpaired) electrons. The van der Waals surface area contributed by atoms with Crippen molar-refractivity contribution in [3.8, 4) is 0 Å². The topological polar surface area (TPSA) is 79.5 Å². The van der Waals surface area contributed by atoms with Crippen molar-refractivity contribution in [3.05, 3.63) is 30.1 Å². The Bertz CT molecular complexity index is 516. The van der Waals surface area contributed by atoms with Crippen LogP contribution in [0.4, 0.5) is 0 Å². The first kappa shape index (κ1) is 16.4. The van der Waals surface area contributed by atoms with Crippen molar-refractivity contribution in [3.63, 3.8) is 0 Å². The smallest absolute Gasteiger partial charge is 0.245 e. The van der Waals surface area contributed by atoms with E-state index in [1.54, 1.807) is 22.2 Å². The molecule has 0 saturated carbocycles. The summed E-state index contributed by atoms with van der Waals surface area (Å²) >= 11 is 0. The average molecular weight is 304 g/mol. The lowest BCUT2D eigenvalue weighted by Gasteiger charge is -2.29. The third-order valence-electron chi connectivity index (χ3n) is 4.12. The summed E-state index contributed by atoms with van der Waals surface area (Å²) in [5.41, 5.74) is 6.89. The fourth-order valence-electron chi connectivity index (χ4n) is 2.90. The van der Waals surface area contributed by atoms with Gasteiger partial charge in [-0.25, -0.2) is 0 Å². The zero-order valence-corrected chi connectivity index (χ0v) is 13.2. The van der Waals surface area contributed by atoms with Gasteiger partial charge in [0.05, 0.1) is 6.42 Å². The lowest BCUT2D eigenvalue weighted by Crippen LogP contribution is -2.48. The van der Waals surface area contributed by atoms with Gasteiger partial charge in [-0.2, -0.15) is 0 Å². The Morgan fingerprint density at radius 2 is 1.95 bits per heavy atom. The van der Waals surface area contributed by atoms with Gasteiger partial charge in [-0.3, -0.25) is 14.6 Å². The number of likely N-dealkylation sites (tertiary alicyclic amines) is 1. The Hall–Kier alpha value is -1.95. The number of nitrogens with zero attached hydrogens (tertiary/aromatic N) is 3. The van der Waals surface area contributed by atoms with E-state index in [-0.39, 0.29) is 24.3 Å². The number of amides is 2. The first-order valence-corrected chi connectivity index (χ1v) is 7.79. The first-order chi connectivity index (χ1) is 10.6. The second-order valence-corrected chi connectivity index (χ2v) is 5.60. The predicted octanol–water partition coefficient (Wildman–Crippen LogP) is 0.421. The third kappa shape index (κ3) is 3.62. The van der Waals surface area contributed by atoms with Crippen LogP contribution in [-0.4, -0.2) is 58.3 Å². The molecule has 120 valence electrons. The molecule has 1 aliphatic rings. The first-order valence-electron chi connectivity index (χ1n) is 7.79. The van der Waals surface area contributed by atoms with Crippen LogP contribution >= 0.6 is 0 Å². The van der Waals surface area contributed by atoms with Crippen molar-refractivity contribution in [2.45, 2.75) is 38.8 Å². The Balaban J connectivity index is 2.10. The average Bonchev–Trinajstić information content (AvgIpc) is 2.91. The normalized spacial score (nSPS) is 21.0. The minimum Gasteiger partial charge on any atom is -0.341 e. The molecule has 1 saturated heterocycles. The zero-order chi connectivity index (χ0) is 16.1. The van der Waals surface area contributed by atoms with Gasteiger partial charge in [-0.1, -0.05) is 0 Å². The summed E-state index contributed by atoms with van der Waals surface area (Å²) < 4.78 is 0. The highest BCUT2D eigenvalue weighted by molar-refractivity contribution is 5.89. The van der Waals surface area contributed by atoms with Gasteiger partial charge in [0.1, 0.15) is 6.04 Å². The largest absolute Gasteiger partial charge is 0.341 e. The Morgan fingerprint density at radius 3 is 2.55 bits per heavy atom. The number of rotatable bonds is 5. The van der Waals surface area contributed by atoms with E-state index < -0.39 is 6.04 Å². The van der Waals surface area contributed by atoms with Crippen molar-refractivity contribution >= 4 is 11.8 Å². The lowest BCUT2D eigenvalue weighted by molar-refractivity contribution is -0.143. The summed E-state index contributed by atoms with van der Waals surface area (Å²) in [5, 5.41) is 0. The van der Waals surface area contributed by atoms with Gasteiger partial charge < -0.3 is 15.5 Å². The van der Waals surface area contributed by atoms with Gasteiger partial charge in [0.25, 0.3) is 0 Å². The molecule has 1 aromatic heterocycles. The Labute approximate surface area is 131 Å². The molecular weight excluding hydrogens is 280 g/mol. The van der Waals surface area contributed by atoms with Crippen LogP contribution in [0.15, 0.2) is 24.5 Å². The summed E-state index contributed by atoms with van der Waals surface area (Å²) in [4.78, 5) is 32.5. The van der Waals surface area contributed by atoms with Crippen LogP contribution in [0.1, 0.15) is 25.8 Å². The number of nitrogens with two attached hydrogens (primary N) is 1. The number of aromatic nitrogens is 1. The van der Waals surface area contributed by atoms with Crippen LogP contribution in [0.3, 0.4) is 0 Å². The van der Waals surface area contributed by atoms with E-state index in [2.05, 4.69) is 4.98 Å². The highest BCUT2D eigenvalue weighted by Crippen LogP contribution is 2.20. The van der Waals surface area contributed by atoms with Crippen LogP contribution in [0.2, 0.25) is 0 Å². The van der Waals surface area contributed by atoms with E-state index in [9.17, 15) is 9.59 Å². The number of pyridine rings is 1. The van der Waals surface area contributed by atoms with E-state index >= 15 is 0 Å². The highest BCUT2D eigenvalue weighted by atomic mass is 16.2. The summed E-state index contributed by atoms with van der Waals surface area (Å²) in [6.45, 7) is 5.63. The summed E-state index contributed by atoms with van der Waals surface area (Å²) in [5.74, 6) is -0.0503. The van der Waals surface area contributed by atoms with Crippen LogP contribution in [0.25, 0.3) is 0 Å². The van der Waals surface area contributed by atoms with Crippen molar-refractivity contribution in [1.29, 1.82) is 0 Å². The lowest BCUT2D eigenvalue weighted by atomic mass is 10.1. The number of carbonyl (C=O) groups excluding carboxylic acids is 2. The molecule has 2 amide bonds. The summed E-state index contributed by atoms with van der Waals surface area (Å²) in [6.07, 6.45) is 4.14. The molecular formula is C16H24N4O2. The molecule has 0 aliphatic carbocycles. The Kier molecular flexibility index (Phi) is 5.49. The maximum Gasteiger partial charge on any atom is 0.245 e. The molecule has 2 rings (SSSR count). The second-order valence-electron chi connectivity index (χ2n) is 5.60. The molecule has 0 spiro atoms. The number of hydrogen-bond donors (Lipinski definition) is 1. The molecule has 2 atom stereocenters. The molecule has 0 aromatic carbocycles. The fourth-order valence-corrected chi connectivity index (χ4v) is 2.90. The second kappa shape index (κ2) is 7.35. The van der Waals surface area contributed by atoms with Gasteiger partial charge in [-0.05, 0) is 38.0 Å². The molecule has 1 aliphatic heterocycles. The molecule has 0 bridgehead atoms. The molecule has 6 nitrogen and oxygen atoms in total. The zero-order valence-electron chi connectivity index (χ0n) is 13.2. The summed E-state index contributed by atoms with van der Waals surface area (Å²) in [7, 11) is 0. The Morgan fingerprint density at radius 1 is 1.32 bits per heavy atom. The van der Waals surface area contributed by atoms with Gasteiger partial charge in [0.2, 0.25) is 11.8 Å². The minimum atomic E-state index is -0.427. The van der Waals surface area contributed by atoms with Crippen molar-refractivity contribution in [2.24, 2.45) is 5.73 Å². The number of hydrogen-bond acceptors (Lipinski definition) is 4. The molecule has 2 N–H and O–H groups in total. The molecule has 2 heterocycles. The number of likely N-dealkylation sites (N-methyl/N-ethyl adjacent to an activating group) is 1. The van der Waals surface area contributed by atoms with Gasteiger partial charge in [0.15, 0.2) is 0 Å². The molecule has 22 heavy (non-hydrogen) atoms. The van der Waals surface area contributed by atoms with Crippen LogP contribution in [-0.2, 0) is 16.0 Å². The van der Waals surface area contributed by atoms with Crippen LogP contribution < -0.4 is 5.73 Å². The fraction of sp³-hybridized carbons (Fsp3) is 0.562. The maximum atomic E-state index is 12.6. The SMILES string of the molecule is CCN(CC)C(=O)[C@@H]1C[C@@H](N)CN1C(=O)Cc1ccncc1. The maximum absolute atomic E-state index is 12.6.